The zero-order chi connectivity index (χ0) is 13.9. The van der Waals surface area contributed by atoms with Gasteiger partial charge in [0.05, 0.1) is 10.7 Å². The molecule has 0 saturated heterocycles. The predicted octanol–water partition coefficient (Wildman–Crippen LogP) is 4.86. The summed E-state index contributed by atoms with van der Waals surface area (Å²) in [5.74, 6) is -0.196. The Morgan fingerprint density at radius 1 is 1.32 bits per heavy atom. The van der Waals surface area contributed by atoms with Crippen LogP contribution in [0.25, 0.3) is 0 Å². The van der Waals surface area contributed by atoms with Gasteiger partial charge in [0.1, 0.15) is 5.82 Å². The summed E-state index contributed by atoms with van der Waals surface area (Å²) in [6, 6.07) is 6.83. The molecule has 1 heterocycles. The molecule has 19 heavy (non-hydrogen) atoms. The number of thiazole rings is 1. The number of benzene rings is 1. The Morgan fingerprint density at radius 3 is 2.58 bits per heavy atom. The molecule has 1 aromatic carbocycles. The van der Waals surface area contributed by atoms with Gasteiger partial charge in [-0.2, -0.15) is 0 Å². The molecule has 2 aromatic rings. The molecule has 0 saturated carbocycles. The van der Waals surface area contributed by atoms with E-state index in [0.29, 0.717) is 0 Å². The molecular formula is C14H14Br2FNS. The molecule has 0 amide bonds. The molecule has 0 atom stereocenters. The van der Waals surface area contributed by atoms with Gasteiger partial charge >= 0.3 is 0 Å². The Morgan fingerprint density at radius 2 is 2.05 bits per heavy atom. The molecule has 2 rings (SSSR count). The minimum Gasteiger partial charge on any atom is -0.247 e. The van der Waals surface area contributed by atoms with Crippen molar-refractivity contribution in [1.29, 1.82) is 0 Å². The van der Waals surface area contributed by atoms with Gasteiger partial charge in [-0.1, -0.05) is 44.0 Å². The monoisotopic (exact) mass is 405 g/mol. The molecule has 0 aliphatic carbocycles. The Bertz CT molecular complexity index is 552. The molecule has 0 unspecified atom stereocenters. The first kappa shape index (κ1) is 15.1. The molecule has 0 aliphatic heterocycles. The molecule has 0 bridgehead atoms. The summed E-state index contributed by atoms with van der Waals surface area (Å²) in [6.45, 7) is 2.00. The maximum Gasteiger partial charge on any atom is 0.123 e. The number of nitrogens with zero attached hydrogens (tertiary/aromatic N) is 1. The van der Waals surface area contributed by atoms with Gasteiger partial charge in [0.25, 0.3) is 0 Å². The van der Waals surface area contributed by atoms with Crippen LogP contribution in [0.2, 0.25) is 0 Å². The summed E-state index contributed by atoms with van der Waals surface area (Å²) >= 11 is 8.81. The third-order valence-electron chi connectivity index (χ3n) is 3.13. The van der Waals surface area contributed by atoms with Gasteiger partial charge in [-0.3, -0.25) is 0 Å². The normalized spacial score (nSPS) is 11.8. The summed E-state index contributed by atoms with van der Waals surface area (Å²) in [6.07, 6.45) is 0.789. The van der Waals surface area contributed by atoms with Crippen LogP contribution in [-0.4, -0.2) is 15.6 Å². The van der Waals surface area contributed by atoms with Crippen molar-refractivity contribution in [2.45, 2.75) is 18.8 Å². The lowest BCUT2D eigenvalue weighted by atomic mass is 9.80. The Hall–Kier alpha value is -0.260. The first-order valence-electron chi connectivity index (χ1n) is 5.88. The molecule has 1 aromatic heterocycles. The lowest BCUT2D eigenvalue weighted by Crippen LogP contribution is -2.33. The molecule has 0 aliphatic rings. The predicted molar refractivity (Wildman–Crippen MR) is 86.2 cm³/mol. The largest absolute Gasteiger partial charge is 0.247 e. The van der Waals surface area contributed by atoms with Crippen molar-refractivity contribution in [3.8, 4) is 0 Å². The van der Waals surface area contributed by atoms with Gasteiger partial charge in [0.2, 0.25) is 0 Å². The standard InChI is InChI=1S/C14H14Br2FNS/c1-10-18-13(7-19-10)6-14(8-15,9-16)11-3-2-4-12(17)5-11/h2-5,7H,6,8-9H2,1H3. The number of hydrogen-bond donors (Lipinski definition) is 0. The fourth-order valence-corrected chi connectivity index (χ4v) is 4.63. The summed E-state index contributed by atoms with van der Waals surface area (Å²) in [5, 5.41) is 4.65. The molecule has 0 radical (unpaired) electrons. The Balaban J connectivity index is 2.37. The Kier molecular flexibility index (Phi) is 5.15. The average molecular weight is 407 g/mol. The molecule has 0 spiro atoms. The minimum absolute atomic E-state index is 0.178. The van der Waals surface area contributed by atoms with Gasteiger partial charge in [0, 0.05) is 27.9 Å². The van der Waals surface area contributed by atoms with Crippen molar-refractivity contribution in [2.24, 2.45) is 0 Å². The maximum atomic E-state index is 13.5. The highest BCUT2D eigenvalue weighted by Gasteiger charge is 2.31. The van der Waals surface area contributed by atoms with Crippen LogP contribution in [0.3, 0.4) is 0 Å². The van der Waals surface area contributed by atoms with Gasteiger partial charge in [-0.15, -0.1) is 11.3 Å². The molecule has 0 N–H and O–H groups in total. The third kappa shape index (κ3) is 3.44. The summed E-state index contributed by atoms with van der Waals surface area (Å²) in [5.41, 5.74) is 1.88. The van der Waals surface area contributed by atoms with E-state index in [1.807, 2.05) is 13.0 Å². The Labute approximate surface area is 133 Å². The number of rotatable bonds is 5. The van der Waals surface area contributed by atoms with E-state index in [0.717, 1.165) is 33.3 Å². The highest BCUT2D eigenvalue weighted by molar-refractivity contribution is 9.09. The highest BCUT2D eigenvalue weighted by atomic mass is 79.9. The van der Waals surface area contributed by atoms with Crippen molar-refractivity contribution in [1.82, 2.24) is 4.98 Å². The van der Waals surface area contributed by atoms with Crippen molar-refractivity contribution < 1.29 is 4.39 Å². The first-order chi connectivity index (χ1) is 9.09. The van der Waals surface area contributed by atoms with E-state index in [1.54, 1.807) is 23.5 Å². The second-order valence-electron chi connectivity index (χ2n) is 4.59. The summed E-state index contributed by atoms with van der Waals surface area (Å²) in [7, 11) is 0. The lowest BCUT2D eigenvalue weighted by Gasteiger charge is -2.30. The van der Waals surface area contributed by atoms with Crippen LogP contribution >= 0.6 is 43.2 Å². The summed E-state index contributed by atoms with van der Waals surface area (Å²) < 4.78 is 13.5. The third-order valence-corrected chi connectivity index (χ3v) is 6.10. The number of hydrogen-bond acceptors (Lipinski definition) is 2. The van der Waals surface area contributed by atoms with Crippen LogP contribution in [0, 0.1) is 12.7 Å². The highest BCUT2D eigenvalue weighted by Crippen LogP contribution is 2.33. The van der Waals surface area contributed by atoms with E-state index in [1.165, 1.54) is 6.07 Å². The van der Waals surface area contributed by atoms with Crippen molar-refractivity contribution in [2.75, 3.05) is 10.7 Å². The quantitative estimate of drug-likeness (QED) is 0.646. The number of aromatic nitrogens is 1. The van der Waals surface area contributed by atoms with E-state index in [-0.39, 0.29) is 11.2 Å². The molecule has 5 heteroatoms. The van der Waals surface area contributed by atoms with E-state index < -0.39 is 0 Å². The van der Waals surface area contributed by atoms with E-state index in [9.17, 15) is 4.39 Å². The van der Waals surface area contributed by atoms with Gasteiger partial charge in [-0.05, 0) is 24.6 Å². The average Bonchev–Trinajstić information content (AvgIpc) is 2.81. The fourth-order valence-electron chi connectivity index (χ4n) is 2.04. The van der Waals surface area contributed by atoms with Crippen molar-refractivity contribution in [3.63, 3.8) is 0 Å². The zero-order valence-corrected chi connectivity index (χ0v) is 14.5. The minimum atomic E-state index is -0.196. The van der Waals surface area contributed by atoms with Crippen molar-refractivity contribution in [3.05, 3.63) is 51.7 Å². The van der Waals surface area contributed by atoms with Gasteiger partial charge in [0.15, 0.2) is 0 Å². The van der Waals surface area contributed by atoms with Crippen LogP contribution in [0.4, 0.5) is 4.39 Å². The molecule has 0 fully saturated rings. The van der Waals surface area contributed by atoms with Gasteiger partial charge < -0.3 is 0 Å². The van der Waals surface area contributed by atoms with Crippen LogP contribution in [-0.2, 0) is 11.8 Å². The van der Waals surface area contributed by atoms with E-state index >= 15 is 0 Å². The zero-order valence-electron chi connectivity index (χ0n) is 10.5. The van der Waals surface area contributed by atoms with E-state index in [4.69, 9.17) is 0 Å². The first-order valence-corrected chi connectivity index (χ1v) is 9.01. The summed E-state index contributed by atoms with van der Waals surface area (Å²) in [4.78, 5) is 4.52. The molecule has 102 valence electrons. The maximum absolute atomic E-state index is 13.5. The molecular weight excluding hydrogens is 393 g/mol. The number of alkyl halides is 2. The smallest absolute Gasteiger partial charge is 0.123 e. The van der Waals surface area contributed by atoms with Crippen LogP contribution < -0.4 is 0 Å². The van der Waals surface area contributed by atoms with Crippen LogP contribution in [0.15, 0.2) is 29.6 Å². The second-order valence-corrected chi connectivity index (χ2v) is 6.78. The molecule has 1 nitrogen and oxygen atoms in total. The van der Waals surface area contributed by atoms with Crippen molar-refractivity contribution >= 4 is 43.2 Å². The number of halogens is 3. The van der Waals surface area contributed by atoms with Crippen LogP contribution in [0.1, 0.15) is 16.3 Å². The lowest BCUT2D eigenvalue weighted by molar-refractivity contribution is 0.535. The fraction of sp³-hybridized carbons (Fsp3) is 0.357. The second kappa shape index (κ2) is 6.46. The van der Waals surface area contributed by atoms with Gasteiger partial charge in [-0.25, -0.2) is 9.37 Å². The number of aryl methyl sites for hydroxylation is 1. The SMILES string of the molecule is Cc1nc(CC(CBr)(CBr)c2cccc(F)c2)cs1. The van der Waals surface area contributed by atoms with Crippen LogP contribution in [0.5, 0.6) is 0 Å². The van der Waals surface area contributed by atoms with E-state index in [2.05, 4.69) is 42.2 Å². The topological polar surface area (TPSA) is 12.9 Å².